The Hall–Kier alpha value is -1.38. The van der Waals surface area contributed by atoms with Crippen LogP contribution in [0.15, 0.2) is 18.3 Å². The average Bonchev–Trinajstić information content (AvgIpc) is 2.29. The minimum absolute atomic E-state index is 0.245. The summed E-state index contributed by atoms with van der Waals surface area (Å²) in [5.41, 5.74) is 1.37. The van der Waals surface area contributed by atoms with E-state index in [1.807, 2.05) is 19.2 Å². The fourth-order valence-corrected chi connectivity index (χ4v) is 1.35. The topological polar surface area (TPSA) is 17.8 Å². The molecule has 0 saturated carbocycles. The molecule has 3 heteroatoms. The molecule has 2 rings (SSSR count). The van der Waals surface area contributed by atoms with Crippen LogP contribution in [0.25, 0.3) is 10.9 Å². The van der Waals surface area contributed by atoms with Crippen molar-refractivity contribution in [2.45, 2.75) is 6.92 Å². The fourth-order valence-electron chi connectivity index (χ4n) is 1.35. The zero-order valence-corrected chi connectivity index (χ0v) is 7.00. The molecular weight excluding hydrogens is 155 g/mol. The molecule has 0 unspecified atom stereocenters. The number of nitrogens with zero attached hydrogens (tertiary/aromatic N) is 2. The molecule has 2 nitrogen and oxygen atoms in total. The van der Waals surface area contributed by atoms with Crippen molar-refractivity contribution in [2.75, 3.05) is 0 Å². The molecule has 0 spiro atoms. The number of rotatable bonds is 0. The predicted octanol–water partition coefficient (Wildman–Crippen LogP) is 2.02. The SMILES string of the molecule is Cc1cc(F)c2nn(C)cc2c1. The number of hydrogen-bond acceptors (Lipinski definition) is 1. The summed E-state index contributed by atoms with van der Waals surface area (Å²) < 4.78 is 14.8. The second-order valence-corrected chi connectivity index (χ2v) is 2.99. The van der Waals surface area contributed by atoms with Crippen LogP contribution >= 0.6 is 0 Å². The summed E-state index contributed by atoms with van der Waals surface area (Å²) in [4.78, 5) is 0. The summed E-state index contributed by atoms with van der Waals surface area (Å²) >= 11 is 0. The lowest BCUT2D eigenvalue weighted by Crippen LogP contribution is -1.86. The Balaban J connectivity index is 2.88. The Morgan fingerprint density at radius 1 is 1.42 bits per heavy atom. The van der Waals surface area contributed by atoms with Crippen LogP contribution in [0.3, 0.4) is 0 Å². The quantitative estimate of drug-likeness (QED) is 0.582. The first-order chi connectivity index (χ1) is 5.66. The molecule has 0 aliphatic carbocycles. The van der Waals surface area contributed by atoms with Gasteiger partial charge in [0.05, 0.1) is 0 Å². The molecule has 0 bridgehead atoms. The second-order valence-electron chi connectivity index (χ2n) is 2.99. The van der Waals surface area contributed by atoms with E-state index in [4.69, 9.17) is 0 Å². The summed E-state index contributed by atoms with van der Waals surface area (Å²) in [5.74, 6) is -0.245. The molecule has 0 fully saturated rings. The Morgan fingerprint density at radius 3 is 2.92 bits per heavy atom. The molecule has 1 aromatic carbocycles. The monoisotopic (exact) mass is 164 g/mol. The second kappa shape index (κ2) is 2.30. The molecule has 1 heterocycles. The zero-order chi connectivity index (χ0) is 8.72. The molecule has 62 valence electrons. The minimum atomic E-state index is -0.245. The van der Waals surface area contributed by atoms with Gasteiger partial charge in [0.2, 0.25) is 0 Å². The molecular formula is C9H9FN2. The van der Waals surface area contributed by atoms with Gasteiger partial charge in [0.25, 0.3) is 0 Å². The maximum Gasteiger partial charge on any atom is 0.151 e. The normalized spacial score (nSPS) is 10.9. The Bertz CT molecular complexity index is 431. The van der Waals surface area contributed by atoms with Gasteiger partial charge in [0.15, 0.2) is 5.82 Å². The lowest BCUT2D eigenvalue weighted by Gasteiger charge is -1.92. The predicted molar refractivity (Wildman–Crippen MR) is 45.4 cm³/mol. The number of fused-ring (bicyclic) bond motifs is 1. The molecule has 2 aromatic rings. The Kier molecular flexibility index (Phi) is 1.40. The number of halogens is 1. The molecule has 0 atom stereocenters. The standard InChI is InChI=1S/C9H9FN2/c1-6-3-7-5-12(2)11-9(7)8(10)4-6/h3-5H,1-2H3. The van der Waals surface area contributed by atoms with Crippen LogP contribution in [-0.2, 0) is 7.05 Å². The van der Waals surface area contributed by atoms with E-state index >= 15 is 0 Å². The lowest BCUT2D eigenvalue weighted by molar-refractivity contribution is 0.631. The highest BCUT2D eigenvalue weighted by atomic mass is 19.1. The fraction of sp³-hybridized carbons (Fsp3) is 0.222. The maximum absolute atomic E-state index is 13.2. The van der Waals surface area contributed by atoms with Gasteiger partial charge < -0.3 is 0 Å². The van der Waals surface area contributed by atoms with E-state index in [9.17, 15) is 4.39 Å². The molecule has 0 amide bonds. The highest BCUT2D eigenvalue weighted by Crippen LogP contribution is 2.17. The van der Waals surface area contributed by atoms with Gasteiger partial charge in [-0.05, 0) is 24.6 Å². The molecule has 0 radical (unpaired) electrons. The van der Waals surface area contributed by atoms with Crippen molar-refractivity contribution < 1.29 is 4.39 Å². The van der Waals surface area contributed by atoms with Crippen molar-refractivity contribution in [2.24, 2.45) is 7.05 Å². The van der Waals surface area contributed by atoms with Crippen molar-refractivity contribution in [3.8, 4) is 0 Å². The van der Waals surface area contributed by atoms with Gasteiger partial charge in [-0.1, -0.05) is 0 Å². The summed E-state index contributed by atoms with van der Waals surface area (Å²) in [6.07, 6.45) is 1.81. The lowest BCUT2D eigenvalue weighted by atomic mass is 10.2. The van der Waals surface area contributed by atoms with Crippen molar-refractivity contribution in [3.63, 3.8) is 0 Å². The van der Waals surface area contributed by atoms with Crippen LogP contribution in [0.5, 0.6) is 0 Å². The Morgan fingerprint density at radius 2 is 2.17 bits per heavy atom. The van der Waals surface area contributed by atoms with Crippen LogP contribution in [0.1, 0.15) is 5.56 Å². The third kappa shape index (κ3) is 0.978. The molecule has 12 heavy (non-hydrogen) atoms. The van der Waals surface area contributed by atoms with E-state index in [0.717, 1.165) is 10.9 Å². The third-order valence-electron chi connectivity index (χ3n) is 1.82. The Labute approximate surface area is 69.6 Å². The van der Waals surface area contributed by atoms with Gasteiger partial charge in [-0.2, -0.15) is 5.10 Å². The first kappa shape index (κ1) is 7.28. The van der Waals surface area contributed by atoms with Crippen molar-refractivity contribution >= 4 is 10.9 Å². The zero-order valence-electron chi connectivity index (χ0n) is 7.00. The molecule has 0 N–H and O–H groups in total. The van der Waals surface area contributed by atoms with E-state index in [0.29, 0.717) is 5.52 Å². The van der Waals surface area contributed by atoms with E-state index in [1.165, 1.54) is 6.07 Å². The molecule has 1 aromatic heterocycles. The van der Waals surface area contributed by atoms with Gasteiger partial charge in [-0.25, -0.2) is 4.39 Å². The first-order valence-corrected chi connectivity index (χ1v) is 3.76. The first-order valence-electron chi connectivity index (χ1n) is 3.76. The summed E-state index contributed by atoms with van der Waals surface area (Å²) in [5, 5.41) is 4.85. The van der Waals surface area contributed by atoms with Crippen LogP contribution in [0.2, 0.25) is 0 Å². The number of benzene rings is 1. The summed E-state index contributed by atoms with van der Waals surface area (Å²) in [7, 11) is 1.79. The smallest absolute Gasteiger partial charge is 0.151 e. The van der Waals surface area contributed by atoms with Crippen molar-refractivity contribution in [1.82, 2.24) is 9.78 Å². The van der Waals surface area contributed by atoms with E-state index < -0.39 is 0 Å². The van der Waals surface area contributed by atoms with Crippen LogP contribution in [-0.4, -0.2) is 9.78 Å². The van der Waals surface area contributed by atoms with Crippen molar-refractivity contribution in [3.05, 3.63) is 29.7 Å². The highest BCUT2D eigenvalue weighted by Gasteiger charge is 2.04. The highest BCUT2D eigenvalue weighted by molar-refractivity contribution is 5.79. The summed E-state index contributed by atoms with van der Waals surface area (Å²) in [6, 6.07) is 3.42. The van der Waals surface area contributed by atoms with E-state index in [2.05, 4.69) is 5.10 Å². The third-order valence-corrected chi connectivity index (χ3v) is 1.82. The largest absolute Gasteiger partial charge is 0.274 e. The molecule has 0 aliphatic heterocycles. The average molecular weight is 164 g/mol. The minimum Gasteiger partial charge on any atom is -0.274 e. The number of aromatic nitrogens is 2. The van der Waals surface area contributed by atoms with Gasteiger partial charge >= 0.3 is 0 Å². The maximum atomic E-state index is 13.2. The van der Waals surface area contributed by atoms with Gasteiger partial charge in [0.1, 0.15) is 5.52 Å². The van der Waals surface area contributed by atoms with E-state index in [-0.39, 0.29) is 5.82 Å². The molecule has 0 aliphatic rings. The van der Waals surface area contributed by atoms with Crippen LogP contribution < -0.4 is 0 Å². The van der Waals surface area contributed by atoms with Crippen LogP contribution in [0, 0.1) is 12.7 Å². The van der Waals surface area contributed by atoms with Crippen LogP contribution in [0.4, 0.5) is 4.39 Å². The van der Waals surface area contributed by atoms with Gasteiger partial charge in [-0.15, -0.1) is 0 Å². The molecule has 0 saturated heterocycles. The van der Waals surface area contributed by atoms with Crippen molar-refractivity contribution in [1.29, 1.82) is 0 Å². The summed E-state index contributed by atoms with van der Waals surface area (Å²) in [6.45, 7) is 1.87. The number of hydrogen-bond donors (Lipinski definition) is 0. The van der Waals surface area contributed by atoms with Gasteiger partial charge in [0, 0.05) is 18.6 Å². The van der Waals surface area contributed by atoms with Gasteiger partial charge in [-0.3, -0.25) is 4.68 Å². The van der Waals surface area contributed by atoms with E-state index in [1.54, 1.807) is 11.7 Å². The number of aryl methyl sites for hydroxylation is 2.